The molecule has 1 aromatic rings. The zero-order chi connectivity index (χ0) is 16.5. The number of benzene rings is 1. The van der Waals surface area contributed by atoms with Crippen molar-refractivity contribution in [2.24, 2.45) is 0 Å². The van der Waals surface area contributed by atoms with Crippen LogP contribution in [-0.2, 0) is 21.2 Å². The lowest BCUT2D eigenvalue weighted by molar-refractivity contribution is -0.123. The third-order valence-corrected chi connectivity index (χ3v) is 4.88. The van der Waals surface area contributed by atoms with Crippen molar-refractivity contribution in [3.8, 4) is 5.75 Å². The topological polar surface area (TPSA) is 105 Å². The molecule has 8 heteroatoms. The SMILES string of the molecule is CNC(=O)C(CO)NS(=O)(=O)c1cccc2c1OC(C)(C)C2. The monoisotopic (exact) mass is 328 g/mol. The molecule has 0 bridgehead atoms. The van der Waals surface area contributed by atoms with Gasteiger partial charge in [-0.15, -0.1) is 0 Å². The van der Waals surface area contributed by atoms with Gasteiger partial charge in [0.2, 0.25) is 15.9 Å². The first-order chi connectivity index (χ1) is 10.2. The lowest BCUT2D eigenvalue weighted by atomic mass is 10.0. The second-order valence-corrected chi connectivity index (χ2v) is 7.44. The Morgan fingerprint density at radius 1 is 1.45 bits per heavy atom. The van der Waals surface area contributed by atoms with Crippen LogP contribution in [0.1, 0.15) is 19.4 Å². The summed E-state index contributed by atoms with van der Waals surface area (Å²) >= 11 is 0. The molecule has 7 nitrogen and oxygen atoms in total. The number of ether oxygens (including phenoxy) is 1. The predicted molar refractivity (Wildman–Crippen MR) is 80.1 cm³/mol. The predicted octanol–water partition coefficient (Wildman–Crippen LogP) is -0.215. The van der Waals surface area contributed by atoms with E-state index in [2.05, 4.69) is 10.0 Å². The smallest absolute Gasteiger partial charge is 0.245 e. The van der Waals surface area contributed by atoms with Crippen molar-refractivity contribution in [1.29, 1.82) is 0 Å². The van der Waals surface area contributed by atoms with E-state index in [-0.39, 0.29) is 4.90 Å². The van der Waals surface area contributed by atoms with Crippen molar-refractivity contribution in [3.63, 3.8) is 0 Å². The molecule has 0 radical (unpaired) electrons. The van der Waals surface area contributed by atoms with E-state index in [4.69, 9.17) is 4.74 Å². The fourth-order valence-electron chi connectivity index (χ4n) is 2.40. The van der Waals surface area contributed by atoms with E-state index in [1.165, 1.54) is 13.1 Å². The van der Waals surface area contributed by atoms with Crippen LogP contribution in [0.15, 0.2) is 23.1 Å². The van der Waals surface area contributed by atoms with Gasteiger partial charge in [-0.25, -0.2) is 8.42 Å². The number of fused-ring (bicyclic) bond motifs is 1. The summed E-state index contributed by atoms with van der Waals surface area (Å²) in [6.07, 6.45) is 0.602. The van der Waals surface area contributed by atoms with Crippen molar-refractivity contribution < 1.29 is 23.1 Å². The molecular weight excluding hydrogens is 308 g/mol. The third-order valence-electron chi connectivity index (χ3n) is 3.39. The highest BCUT2D eigenvalue weighted by atomic mass is 32.2. The molecule has 1 atom stereocenters. The lowest BCUT2D eigenvalue weighted by Crippen LogP contribution is -2.47. The van der Waals surface area contributed by atoms with Crippen molar-refractivity contribution in [1.82, 2.24) is 10.0 Å². The summed E-state index contributed by atoms with van der Waals surface area (Å²) < 4.78 is 32.9. The maximum atomic E-state index is 12.5. The minimum absolute atomic E-state index is 0.0297. The van der Waals surface area contributed by atoms with Crippen LogP contribution in [-0.4, -0.2) is 44.7 Å². The molecule has 1 aromatic carbocycles. The van der Waals surface area contributed by atoms with E-state index < -0.39 is 34.2 Å². The molecule has 1 aliphatic rings. The van der Waals surface area contributed by atoms with E-state index in [0.717, 1.165) is 5.56 Å². The van der Waals surface area contributed by atoms with E-state index in [1.807, 2.05) is 19.9 Å². The van der Waals surface area contributed by atoms with Crippen LogP contribution in [0.3, 0.4) is 0 Å². The Hall–Kier alpha value is -1.64. The van der Waals surface area contributed by atoms with Crippen LogP contribution < -0.4 is 14.8 Å². The van der Waals surface area contributed by atoms with Gasteiger partial charge in [-0.05, 0) is 25.5 Å². The van der Waals surface area contributed by atoms with Gasteiger partial charge in [0.1, 0.15) is 22.3 Å². The number of carbonyl (C=O) groups excluding carboxylic acids is 1. The maximum absolute atomic E-state index is 12.5. The van der Waals surface area contributed by atoms with Crippen LogP contribution in [0, 0.1) is 0 Å². The minimum Gasteiger partial charge on any atom is -0.486 e. The van der Waals surface area contributed by atoms with Crippen molar-refractivity contribution in [3.05, 3.63) is 23.8 Å². The summed E-state index contributed by atoms with van der Waals surface area (Å²) in [5.74, 6) is -0.312. The highest BCUT2D eigenvalue weighted by Crippen LogP contribution is 2.39. The van der Waals surface area contributed by atoms with E-state index in [1.54, 1.807) is 6.07 Å². The first kappa shape index (κ1) is 16.7. The first-order valence-corrected chi connectivity index (χ1v) is 8.34. The number of rotatable bonds is 5. The molecule has 22 heavy (non-hydrogen) atoms. The number of aliphatic hydroxyl groups is 1. The van der Waals surface area contributed by atoms with Crippen LogP contribution >= 0.6 is 0 Å². The van der Waals surface area contributed by atoms with E-state index in [0.29, 0.717) is 12.2 Å². The molecule has 1 aliphatic heterocycles. The number of nitrogens with one attached hydrogen (secondary N) is 2. The molecule has 1 heterocycles. The molecule has 0 aromatic heterocycles. The van der Waals surface area contributed by atoms with Crippen molar-refractivity contribution >= 4 is 15.9 Å². The van der Waals surface area contributed by atoms with Crippen molar-refractivity contribution in [2.45, 2.75) is 36.8 Å². The largest absolute Gasteiger partial charge is 0.486 e. The number of likely N-dealkylation sites (N-methyl/N-ethyl adjacent to an activating group) is 1. The Kier molecular flexibility index (Phi) is 4.46. The third kappa shape index (κ3) is 3.23. The average molecular weight is 328 g/mol. The number of amides is 1. The fourth-order valence-corrected chi connectivity index (χ4v) is 3.76. The van der Waals surface area contributed by atoms with Gasteiger partial charge < -0.3 is 15.2 Å². The van der Waals surface area contributed by atoms with Crippen LogP contribution in [0.25, 0.3) is 0 Å². The first-order valence-electron chi connectivity index (χ1n) is 6.86. The number of aliphatic hydroxyl groups excluding tert-OH is 1. The van der Waals surface area contributed by atoms with Gasteiger partial charge in [-0.2, -0.15) is 4.72 Å². The normalized spacial score (nSPS) is 17.5. The zero-order valence-corrected chi connectivity index (χ0v) is 13.5. The van der Waals surface area contributed by atoms with Gasteiger partial charge in [0, 0.05) is 13.5 Å². The van der Waals surface area contributed by atoms with Gasteiger partial charge in [0.05, 0.1) is 6.61 Å². The second-order valence-electron chi connectivity index (χ2n) is 5.75. The molecule has 2 rings (SSSR count). The zero-order valence-electron chi connectivity index (χ0n) is 12.7. The van der Waals surface area contributed by atoms with Gasteiger partial charge in [-0.1, -0.05) is 12.1 Å². The van der Waals surface area contributed by atoms with Gasteiger partial charge in [0.25, 0.3) is 0 Å². The van der Waals surface area contributed by atoms with Crippen molar-refractivity contribution in [2.75, 3.05) is 13.7 Å². The fraction of sp³-hybridized carbons (Fsp3) is 0.500. The highest BCUT2D eigenvalue weighted by molar-refractivity contribution is 7.89. The molecule has 0 fully saturated rings. The number of hydrogen-bond acceptors (Lipinski definition) is 5. The maximum Gasteiger partial charge on any atom is 0.245 e. The Morgan fingerprint density at radius 3 is 2.73 bits per heavy atom. The van der Waals surface area contributed by atoms with Gasteiger partial charge >= 0.3 is 0 Å². The molecular formula is C14H20N2O5S. The van der Waals surface area contributed by atoms with Crippen LogP contribution in [0.5, 0.6) is 5.75 Å². The second kappa shape index (κ2) is 5.86. The molecule has 0 saturated carbocycles. The standard InChI is InChI=1S/C14H20N2O5S/c1-14(2)7-9-5-4-6-11(12(9)21-14)22(19,20)16-10(8-17)13(18)15-3/h4-6,10,16-17H,7-8H2,1-3H3,(H,15,18). The summed E-state index contributed by atoms with van der Waals surface area (Å²) in [6, 6.07) is 3.61. The molecule has 1 amide bonds. The quantitative estimate of drug-likeness (QED) is 0.693. The minimum atomic E-state index is -4.00. The summed E-state index contributed by atoms with van der Waals surface area (Å²) in [5, 5.41) is 11.5. The molecule has 0 saturated heterocycles. The van der Waals surface area contributed by atoms with Crippen LogP contribution in [0.4, 0.5) is 0 Å². The Morgan fingerprint density at radius 2 is 2.14 bits per heavy atom. The number of para-hydroxylation sites is 1. The summed E-state index contributed by atoms with van der Waals surface area (Å²) in [6.45, 7) is 3.11. The van der Waals surface area contributed by atoms with Crippen LogP contribution in [0.2, 0.25) is 0 Å². The summed E-state index contributed by atoms with van der Waals surface area (Å²) in [5.41, 5.74) is 0.318. The molecule has 0 spiro atoms. The Bertz CT molecular complexity index is 684. The number of sulfonamides is 1. The average Bonchev–Trinajstić information content (AvgIpc) is 2.77. The Balaban J connectivity index is 2.36. The van der Waals surface area contributed by atoms with E-state index >= 15 is 0 Å². The molecule has 122 valence electrons. The lowest BCUT2D eigenvalue weighted by Gasteiger charge is -2.19. The van der Waals surface area contributed by atoms with E-state index in [9.17, 15) is 18.3 Å². The van der Waals surface area contributed by atoms with Gasteiger partial charge in [0.15, 0.2) is 0 Å². The summed E-state index contributed by atoms with van der Waals surface area (Å²) in [4.78, 5) is 11.5. The molecule has 1 unspecified atom stereocenters. The Labute approximate surface area is 129 Å². The molecule has 0 aliphatic carbocycles. The number of hydrogen-bond donors (Lipinski definition) is 3. The molecule has 3 N–H and O–H groups in total. The highest BCUT2D eigenvalue weighted by Gasteiger charge is 2.36. The number of carbonyl (C=O) groups is 1. The summed E-state index contributed by atoms with van der Waals surface area (Å²) in [7, 11) is -2.63. The van der Waals surface area contributed by atoms with Gasteiger partial charge in [-0.3, -0.25) is 4.79 Å².